The molecule has 1 saturated carbocycles. The Kier molecular flexibility index (Phi) is 3.69. The number of benzene rings is 1. The largest absolute Gasteiger partial charge is 0.366 e. The Labute approximate surface area is 136 Å². The molecule has 2 aliphatic rings. The second kappa shape index (κ2) is 5.85. The number of carbonyl (C=O) groups excluding carboxylic acids is 1. The van der Waals surface area contributed by atoms with Gasteiger partial charge in [-0.15, -0.1) is 0 Å². The van der Waals surface area contributed by atoms with Crippen LogP contribution in [0.1, 0.15) is 40.6 Å². The Morgan fingerprint density at radius 1 is 1.17 bits per heavy atom. The highest BCUT2D eigenvalue weighted by atomic mass is 16.5. The molecule has 1 aliphatic carbocycles. The predicted octanol–water partition coefficient (Wildman–Crippen LogP) is 3.32. The highest BCUT2D eigenvalue weighted by Gasteiger charge is 2.40. The normalized spacial score (nSPS) is 24.7. The molecule has 4 rings (SSSR count). The van der Waals surface area contributed by atoms with Gasteiger partial charge in [-0.2, -0.15) is 0 Å². The van der Waals surface area contributed by atoms with Crippen LogP contribution in [-0.4, -0.2) is 35.0 Å². The summed E-state index contributed by atoms with van der Waals surface area (Å²) in [6.45, 7) is 3.27. The number of nitrogens with zero attached hydrogens (tertiary/aromatic N) is 1. The smallest absolute Gasteiger partial charge is 0.255 e. The molecule has 4 heteroatoms. The fourth-order valence-electron chi connectivity index (χ4n) is 3.39. The van der Waals surface area contributed by atoms with Crippen LogP contribution in [0.3, 0.4) is 0 Å². The zero-order valence-electron chi connectivity index (χ0n) is 13.4. The van der Waals surface area contributed by atoms with Gasteiger partial charge in [-0.25, -0.2) is 0 Å². The summed E-state index contributed by atoms with van der Waals surface area (Å²) in [7, 11) is 0. The summed E-state index contributed by atoms with van der Waals surface area (Å²) in [5, 5.41) is 0. The minimum atomic E-state index is -0.0289. The van der Waals surface area contributed by atoms with Crippen molar-refractivity contribution in [3.05, 3.63) is 59.4 Å². The zero-order valence-corrected chi connectivity index (χ0v) is 13.4. The van der Waals surface area contributed by atoms with Crippen LogP contribution in [0.5, 0.6) is 0 Å². The molecule has 2 atom stereocenters. The zero-order chi connectivity index (χ0) is 15.8. The van der Waals surface area contributed by atoms with Crippen molar-refractivity contribution in [3.63, 3.8) is 0 Å². The van der Waals surface area contributed by atoms with Gasteiger partial charge >= 0.3 is 0 Å². The van der Waals surface area contributed by atoms with E-state index in [4.69, 9.17) is 4.74 Å². The first-order valence-electron chi connectivity index (χ1n) is 8.36. The van der Waals surface area contributed by atoms with Crippen molar-refractivity contribution in [2.45, 2.75) is 32.0 Å². The van der Waals surface area contributed by atoms with Gasteiger partial charge in [0.25, 0.3) is 5.91 Å². The summed E-state index contributed by atoms with van der Waals surface area (Å²) in [4.78, 5) is 18.0. The van der Waals surface area contributed by atoms with E-state index in [2.05, 4.69) is 17.1 Å². The summed E-state index contributed by atoms with van der Waals surface area (Å²) in [5.41, 5.74) is 2.86. The van der Waals surface area contributed by atoms with Gasteiger partial charge in [0.05, 0.1) is 18.2 Å². The van der Waals surface area contributed by atoms with E-state index in [0.29, 0.717) is 19.0 Å². The molecule has 1 aromatic carbocycles. The maximum absolute atomic E-state index is 12.9. The van der Waals surface area contributed by atoms with Crippen molar-refractivity contribution in [2.75, 3.05) is 13.1 Å². The first-order chi connectivity index (χ1) is 11.2. The molecular weight excluding hydrogens is 288 g/mol. The van der Waals surface area contributed by atoms with Gasteiger partial charge in [-0.1, -0.05) is 30.3 Å². The van der Waals surface area contributed by atoms with Crippen LogP contribution >= 0.6 is 0 Å². The van der Waals surface area contributed by atoms with Crippen LogP contribution in [0, 0.1) is 12.8 Å². The molecule has 23 heavy (non-hydrogen) atoms. The number of H-pyrrole nitrogens is 1. The molecule has 0 bridgehead atoms. The number of morpholine rings is 1. The van der Waals surface area contributed by atoms with Crippen molar-refractivity contribution < 1.29 is 9.53 Å². The molecule has 0 radical (unpaired) electrons. The number of carbonyl (C=O) groups is 1. The Hall–Kier alpha value is -2.07. The lowest BCUT2D eigenvalue weighted by molar-refractivity contribution is -0.0864. The van der Waals surface area contributed by atoms with Crippen molar-refractivity contribution in [2.24, 2.45) is 5.92 Å². The average molecular weight is 310 g/mol. The van der Waals surface area contributed by atoms with Crippen LogP contribution in [0.4, 0.5) is 0 Å². The number of nitrogens with one attached hydrogen (secondary N) is 1. The molecule has 1 aromatic heterocycles. The molecule has 1 N–H and O–H groups in total. The third kappa shape index (κ3) is 2.91. The van der Waals surface area contributed by atoms with Gasteiger partial charge in [0.2, 0.25) is 0 Å². The summed E-state index contributed by atoms with van der Waals surface area (Å²) >= 11 is 0. The molecule has 0 spiro atoms. The fourth-order valence-corrected chi connectivity index (χ4v) is 3.39. The molecule has 1 aliphatic heterocycles. The first-order valence-corrected chi connectivity index (χ1v) is 8.36. The monoisotopic (exact) mass is 310 g/mol. The van der Waals surface area contributed by atoms with Crippen molar-refractivity contribution in [3.8, 4) is 0 Å². The lowest BCUT2D eigenvalue weighted by Crippen LogP contribution is -2.47. The fraction of sp³-hybridized carbons (Fsp3) is 0.421. The maximum Gasteiger partial charge on any atom is 0.255 e. The highest BCUT2D eigenvalue weighted by molar-refractivity contribution is 5.95. The minimum absolute atomic E-state index is 0.0289. The molecule has 1 saturated heterocycles. The van der Waals surface area contributed by atoms with E-state index < -0.39 is 0 Å². The molecule has 0 unspecified atom stereocenters. The molecule has 2 heterocycles. The van der Waals surface area contributed by atoms with Gasteiger partial charge in [0, 0.05) is 18.4 Å². The van der Waals surface area contributed by atoms with Gasteiger partial charge in [-0.3, -0.25) is 4.79 Å². The Morgan fingerprint density at radius 2 is 1.96 bits per heavy atom. The van der Waals surface area contributed by atoms with Crippen molar-refractivity contribution in [1.29, 1.82) is 0 Å². The number of hydrogen-bond acceptors (Lipinski definition) is 2. The third-order valence-electron chi connectivity index (χ3n) is 4.92. The lowest BCUT2D eigenvalue weighted by Gasteiger charge is -2.38. The number of ether oxygens (including phenoxy) is 1. The van der Waals surface area contributed by atoms with Crippen molar-refractivity contribution >= 4 is 5.91 Å². The lowest BCUT2D eigenvalue weighted by atomic mass is 10.0. The van der Waals surface area contributed by atoms with E-state index in [-0.39, 0.29) is 18.1 Å². The molecule has 4 nitrogen and oxygen atoms in total. The molecule has 2 fully saturated rings. The van der Waals surface area contributed by atoms with Crippen LogP contribution in [0.25, 0.3) is 0 Å². The summed E-state index contributed by atoms with van der Waals surface area (Å²) in [6.07, 6.45) is 4.40. The minimum Gasteiger partial charge on any atom is -0.366 e. The number of amides is 1. The van der Waals surface area contributed by atoms with E-state index in [1.165, 1.54) is 12.8 Å². The Bertz CT molecular complexity index is 690. The van der Waals surface area contributed by atoms with Crippen molar-refractivity contribution in [1.82, 2.24) is 9.88 Å². The second-order valence-corrected chi connectivity index (χ2v) is 6.64. The van der Waals surface area contributed by atoms with Crippen LogP contribution < -0.4 is 0 Å². The average Bonchev–Trinajstić information content (AvgIpc) is 3.36. The summed E-state index contributed by atoms with van der Waals surface area (Å²) in [5.74, 6) is 0.725. The van der Waals surface area contributed by atoms with E-state index >= 15 is 0 Å². The van der Waals surface area contributed by atoms with Crippen LogP contribution in [0.15, 0.2) is 42.6 Å². The molecular formula is C19H22N2O2. The molecule has 2 aromatic rings. The molecule has 1 amide bonds. The Morgan fingerprint density at radius 3 is 2.61 bits per heavy atom. The van der Waals surface area contributed by atoms with Gasteiger partial charge < -0.3 is 14.6 Å². The standard InChI is InChI=1S/C19H22N2O2/c1-13-16(9-10-20-13)19(22)21-11-17(14-5-3-2-4-6-14)23-18(12-21)15-7-8-15/h2-6,9-10,15,17-18,20H,7-8,11-12H2,1H3/t17-,18+/m0/s1. The number of hydrogen-bond donors (Lipinski definition) is 1. The number of aromatic amines is 1. The number of aryl methyl sites for hydroxylation is 1. The summed E-state index contributed by atoms with van der Waals surface area (Å²) in [6, 6.07) is 12.1. The van der Waals surface area contributed by atoms with E-state index in [9.17, 15) is 4.79 Å². The Balaban J connectivity index is 1.59. The van der Waals surface area contributed by atoms with Gasteiger partial charge in [0.1, 0.15) is 6.10 Å². The predicted molar refractivity (Wildman–Crippen MR) is 88.2 cm³/mol. The van der Waals surface area contributed by atoms with Gasteiger partial charge in [-0.05, 0) is 37.3 Å². The number of aromatic nitrogens is 1. The topological polar surface area (TPSA) is 45.3 Å². The van der Waals surface area contributed by atoms with E-state index in [1.54, 1.807) is 0 Å². The quantitative estimate of drug-likeness (QED) is 0.945. The number of rotatable bonds is 3. The van der Waals surface area contributed by atoms with Crippen LogP contribution in [0.2, 0.25) is 0 Å². The highest BCUT2D eigenvalue weighted by Crippen LogP contribution is 2.39. The second-order valence-electron chi connectivity index (χ2n) is 6.64. The van der Waals surface area contributed by atoms with E-state index in [1.807, 2.05) is 42.3 Å². The summed E-state index contributed by atoms with van der Waals surface area (Å²) < 4.78 is 6.32. The first kappa shape index (κ1) is 14.5. The third-order valence-corrected chi connectivity index (χ3v) is 4.92. The maximum atomic E-state index is 12.9. The molecule has 120 valence electrons. The van der Waals surface area contributed by atoms with Gasteiger partial charge in [0.15, 0.2) is 0 Å². The van der Waals surface area contributed by atoms with E-state index in [0.717, 1.165) is 16.8 Å². The van der Waals surface area contributed by atoms with Crippen LogP contribution in [-0.2, 0) is 4.74 Å². The SMILES string of the molecule is Cc1[nH]ccc1C(=O)N1C[C@@H](c2ccccc2)O[C@@H](C2CC2)C1.